The van der Waals surface area contributed by atoms with Crippen molar-refractivity contribution in [2.24, 2.45) is 5.92 Å². The molecule has 2 rings (SSSR count). The quantitative estimate of drug-likeness (QED) is 0.674. The van der Waals surface area contributed by atoms with Crippen molar-refractivity contribution in [2.75, 3.05) is 32.8 Å². The Labute approximate surface area is 99.3 Å². The average molecular weight is 226 g/mol. The summed E-state index contributed by atoms with van der Waals surface area (Å²) in [6.45, 7) is 7.82. The van der Waals surface area contributed by atoms with Crippen LogP contribution in [-0.4, -0.2) is 38.4 Å². The van der Waals surface area contributed by atoms with Gasteiger partial charge in [0, 0.05) is 13.2 Å². The van der Waals surface area contributed by atoms with E-state index in [2.05, 4.69) is 17.6 Å². The number of rotatable bonds is 6. The van der Waals surface area contributed by atoms with E-state index in [0.29, 0.717) is 0 Å². The maximum absolute atomic E-state index is 5.75. The Morgan fingerprint density at radius 3 is 3.12 bits per heavy atom. The van der Waals surface area contributed by atoms with Gasteiger partial charge in [-0.05, 0) is 64.6 Å². The van der Waals surface area contributed by atoms with Crippen LogP contribution < -0.4 is 10.6 Å². The van der Waals surface area contributed by atoms with Crippen LogP contribution in [0.2, 0.25) is 0 Å². The van der Waals surface area contributed by atoms with Crippen molar-refractivity contribution in [3.8, 4) is 0 Å². The van der Waals surface area contributed by atoms with E-state index in [0.717, 1.165) is 25.6 Å². The number of nitrogens with one attached hydrogen (secondary N) is 2. The van der Waals surface area contributed by atoms with Crippen LogP contribution in [0.5, 0.6) is 0 Å². The van der Waals surface area contributed by atoms with Gasteiger partial charge < -0.3 is 15.4 Å². The molecule has 0 aromatic carbocycles. The van der Waals surface area contributed by atoms with Gasteiger partial charge in [-0.25, -0.2) is 0 Å². The van der Waals surface area contributed by atoms with E-state index in [-0.39, 0.29) is 5.60 Å². The van der Waals surface area contributed by atoms with E-state index < -0.39 is 0 Å². The van der Waals surface area contributed by atoms with E-state index in [1.165, 1.54) is 45.2 Å². The van der Waals surface area contributed by atoms with Gasteiger partial charge in [-0.1, -0.05) is 0 Å². The first-order chi connectivity index (χ1) is 7.79. The lowest BCUT2D eigenvalue weighted by Gasteiger charge is -2.23. The Kier molecular flexibility index (Phi) is 4.62. The number of hydrogen-bond donors (Lipinski definition) is 2. The normalized spacial score (nSPS) is 34.7. The van der Waals surface area contributed by atoms with Crippen LogP contribution in [0.25, 0.3) is 0 Å². The zero-order valence-electron chi connectivity index (χ0n) is 10.6. The summed E-state index contributed by atoms with van der Waals surface area (Å²) in [4.78, 5) is 0. The second-order valence-electron chi connectivity index (χ2n) is 5.58. The smallest absolute Gasteiger partial charge is 0.0779 e. The molecule has 0 saturated carbocycles. The highest BCUT2D eigenvalue weighted by Gasteiger charge is 2.28. The van der Waals surface area contributed by atoms with Crippen LogP contribution in [0.4, 0.5) is 0 Å². The first-order valence-corrected chi connectivity index (χ1v) is 6.84. The molecule has 0 bridgehead atoms. The van der Waals surface area contributed by atoms with Crippen molar-refractivity contribution in [1.29, 1.82) is 0 Å². The third-order valence-corrected chi connectivity index (χ3v) is 3.93. The van der Waals surface area contributed by atoms with Gasteiger partial charge in [0.2, 0.25) is 0 Å². The third-order valence-electron chi connectivity index (χ3n) is 3.93. The average Bonchev–Trinajstić information content (AvgIpc) is 2.89. The third kappa shape index (κ3) is 3.72. The summed E-state index contributed by atoms with van der Waals surface area (Å²) in [5, 5.41) is 6.97. The van der Waals surface area contributed by atoms with Gasteiger partial charge in [0.1, 0.15) is 0 Å². The Hall–Kier alpha value is -0.120. The lowest BCUT2D eigenvalue weighted by molar-refractivity contribution is 0.0209. The van der Waals surface area contributed by atoms with Gasteiger partial charge in [-0.2, -0.15) is 0 Å². The standard InChI is InChI=1S/C13H26N2O/c1-13(6-3-9-16-13)11-15-7-2-4-12-5-8-14-10-12/h12,14-15H,2-11H2,1H3. The van der Waals surface area contributed by atoms with Crippen LogP contribution in [-0.2, 0) is 4.74 Å². The van der Waals surface area contributed by atoms with E-state index in [4.69, 9.17) is 4.74 Å². The molecule has 2 saturated heterocycles. The molecule has 2 heterocycles. The maximum Gasteiger partial charge on any atom is 0.0779 e. The molecule has 2 aliphatic heterocycles. The molecule has 2 atom stereocenters. The Morgan fingerprint density at radius 1 is 1.50 bits per heavy atom. The van der Waals surface area contributed by atoms with Crippen molar-refractivity contribution in [2.45, 2.75) is 44.6 Å². The zero-order chi connectivity index (χ0) is 11.3. The summed E-state index contributed by atoms with van der Waals surface area (Å²) in [5.74, 6) is 0.931. The van der Waals surface area contributed by atoms with Gasteiger partial charge in [-0.3, -0.25) is 0 Å². The number of ether oxygens (including phenoxy) is 1. The highest BCUT2D eigenvalue weighted by Crippen LogP contribution is 2.23. The summed E-state index contributed by atoms with van der Waals surface area (Å²) >= 11 is 0. The van der Waals surface area contributed by atoms with Crippen molar-refractivity contribution in [3.63, 3.8) is 0 Å². The summed E-state index contributed by atoms with van der Waals surface area (Å²) < 4.78 is 5.75. The van der Waals surface area contributed by atoms with Crippen molar-refractivity contribution in [3.05, 3.63) is 0 Å². The molecule has 0 radical (unpaired) electrons. The molecule has 3 heteroatoms. The molecule has 94 valence electrons. The fourth-order valence-corrected chi connectivity index (χ4v) is 2.81. The van der Waals surface area contributed by atoms with E-state index in [1.54, 1.807) is 0 Å². The highest BCUT2D eigenvalue weighted by atomic mass is 16.5. The van der Waals surface area contributed by atoms with Gasteiger partial charge in [0.25, 0.3) is 0 Å². The van der Waals surface area contributed by atoms with Crippen LogP contribution in [0, 0.1) is 5.92 Å². The number of hydrogen-bond acceptors (Lipinski definition) is 3. The van der Waals surface area contributed by atoms with Gasteiger partial charge in [0.05, 0.1) is 5.60 Å². The van der Waals surface area contributed by atoms with Crippen LogP contribution >= 0.6 is 0 Å². The fourth-order valence-electron chi connectivity index (χ4n) is 2.81. The molecule has 0 aromatic heterocycles. The Bertz CT molecular complexity index is 196. The molecule has 0 spiro atoms. The summed E-state index contributed by atoms with van der Waals surface area (Å²) in [6, 6.07) is 0. The van der Waals surface area contributed by atoms with E-state index in [9.17, 15) is 0 Å². The van der Waals surface area contributed by atoms with Crippen molar-refractivity contribution < 1.29 is 4.74 Å². The first kappa shape index (κ1) is 12.3. The Morgan fingerprint density at radius 2 is 2.44 bits per heavy atom. The van der Waals surface area contributed by atoms with Crippen LogP contribution in [0.1, 0.15) is 39.0 Å². The van der Waals surface area contributed by atoms with E-state index in [1.807, 2.05) is 0 Å². The minimum Gasteiger partial charge on any atom is -0.374 e. The molecule has 2 N–H and O–H groups in total. The fraction of sp³-hybridized carbons (Fsp3) is 1.00. The molecular weight excluding hydrogens is 200 g/mol. The zero-order valence-corrected chi connectivity index (χ0v) is 10.6. The SMILES string of the molecule is CC1(CNCCCC2CCNC2)CCCO1. The predicted molar refractivity (Wildman–Crippen MR) is 66.7 cm³/mol. The van der Waals surface area contributed by atoms with Crippen molar-refractivity contribution in [1.82, 2.24) is 10.6 Å². The minimum absolute atomic E-state index is 0.120. The van der Waals surface area contributed by atoms with Crippen molar-refractivity contribution >= 4 is 0 Å². The molecule has 0 aliphatic carbocycles. The molecule has 16 heavy (non-hydrogen) atoms. The molecule has 0 amide bonds. The van der Waals surface area contributed by atoms with Crippen LogP contribution in [0.3, 0.4) is 0 Å². The molecule has 3 nitrogen and oxygen atoms in total. The largest absolute Gasteiger partial charge is 0.374 e. The predicted octanol–water partition coefficient (Wildman–Crippen LogP) is 1.53. The summed E-state index contributed by atoms with van der Waals surface area (Å²) in [5.41, 5.74) is 0.120. The summed E-state index contributed by atoms with van der Waals surface area (Å²) in [6.07, 6.45) is 6.50. The van der Waals surface area contributed by atoms with Gasteiger partial charge in [-0.15, -0.1) is 0 Å². The molecule has 2 fully saturated rings. The lowest BCUT2D eigenvalue weighted by Crippen LogP contribution is -2.37. The second kappa shape index (κ2) is 5.99. The highest BCUT2D eigenvalue weighted by molar-refractivity contribution is 4.82. The minimum atomic E-state index is 0.120. The lowest BCUT2D eigenvalue weighted by atomic mass is 10.0. The van der Waals surface area contributed by atoms with Gasteiger partial charge in [0.15, 0.2) is 0 Å². The Balaban J connectivity index is 1.48. The molecule has 0 aromatic rings. The van der Waals surface area contributed by atoms with E-state index >= 15 is 0 Å². The monoisotopic (exact) mass is 226 g/mol. The molecule has 2 aliphatic rings. The first-order valence-electron chi connectivity index (χ1n) is 6.84. The maximum atomic E-state index is 5.75. The molecule has 2 unspecified atom stereocenters. The second-order valence-corrected chi connectivity index (χ2v) is 5.58. The van der Waals surface area contributed by atoms with Gasteiger partial charge >= 0.3 is 0 Å². The van der Waals surface area contributed by atoms with Crippen LogP contribution in [0.15, 0.2) is 0 Å². The molecular formula is C13H26N2O. The topological polar surface area (TPSA) is 33.3 Å². The summed E-state index contributed by atoms with van der Waals surface area (Å²) in [7, 11) is 0.